The van der Waals surface area contributed by atoms with Gasteiger partial charge in [-0.1, -0.05) is 11.6 Å². The predicted molar refractivity (Wildman–Crippen MR) is 73.7 cm³/mol. The summed E-state index contributed by atoms with van der Waals surface area (Å²) in [5, 5.41) is 0.484. The van der Waals surface area contributed by atoms with Crippen molar-refractivity contribution < 1.29 is 4.79 Å². The van der Waals surface area contributed by atoms with Crippen LogP contribution in [0, 0.1) is 6.92 Å². The monoisotopic (exact) mass is 270 g/mol. The zero-order chi connectivity index (χ0) is 14.4. The van der Waals surface area contributed by atoms with Crippen LogP contribution in [0.2, 0.25) is 0 Å². The summed E-state index contributed by atoms with van der Waals surface area (Å²) in [7, 11) is 0. The average molecular weight is 270 g/mol. The molecule has 2 heterocycles. The molecule has 7 heteroatoms. The van der Waals surface area contributed by atoms with Crippen molar-refractivity contribution in [1.29, 1.82) is 0 Å². The van der Waals surface area contributed by atoms with E-state index in [1.54, 1.807) is 12.1 Å². The third kappa shape index (κ3) is 1.68. The van der Waals surface area contributed by atoms with E-state index < -0.39 is 17.2 Å². The van der Waals surface area contributed by atoms with Gasteiger partial charge in [-0.05, 0) is 19.1 Å². The Balaban J connectivity index is 2.70. The van der Waals surface area contributed by atoms with Gasteiger partial charge < -0.3 is 5.73 Å². The molecule has 0 atom stereocenters. The summed E-state index contributed by atoms with van der Waals surface area (Å²) in [6.45, 7) is 1.85. The topological polar surface area (TPSA) is 122 Å². The molecule has 3 rings (SSSR count). The standard InChI is InChI=1S/C13H10N4O3/c1-5-2-3-7-6(4-5)8(10(14)18)9-11(15-7)16-13(20)17-12(9)19/h2-4H,1H3,(H2,14,18)(H2,15,16,17,19,20). The summed E-state index contributed by atoms with van der Waals surface area (Å²) in [6.07, 6.45) is 0. The van der Waals surface area contributed by atoms with Gasteiger partial charge in [0, 0.05) is 5.39 Å². The molecule has 0 aliphatic rings. The summed E-state index contributed by atoms with van der Waals surface area (Å²) in [6, 6.07) is 5.25. The van der Waals surface area contributed by atoms with Crippen molar-refractivity contribution in [2.24, 2.45) is 5.73 Å². The molecule has 0 aliphatic carbocycles. The number of aromatic amines is 2. The molecule has 0 saturated carbocycles. The number of H-pyrrole nitrogens is 2. The fourth-order valence-corrected chi connectivity index (χ4v) is 2.25. The van der Waals surface area contributed by atoms with Gasteiger partial charge >= 0.3 is 5.69 Å². The second-order valence-electron chi connectivity index (χ2n) is 4.50. The van der Waals surface area contributed by atoms with E-state index in [0.29, 0.717) is 10.9 Å². The normalized spacial score (nSPS) is 11.1. The molecule has 0 aliphatic heterocycles. The third-order valence-electron chi connectivity index (χ3n) is 3.07. The summed E-state index contributed by atoms with van der Waals surface area (Å²) >= 11 is 0. The number of aryl methyl sites for hydroxylation is 1. The molecule has 0 fully saturated rings. The fraction of sp³-hybridized carbons (Fsp3) is 0.0769. The van der Waals surface area contributed by atoms with Crippen molar-refractivity contribution in [3.63, 3.8) is 0 Å². The highest BCUT2D eigenvalue weighted by Crippen LogP contribution is 2.23. The molecule has 0 radical (unpaired) electrons. The lowest BCUT2D eigenvalue weighted by molar-refractivity contribution is 0.100. The van der Waals surface area contributed by atoms with Gasteiger partial charge in [-0.15, -0.1) is 0 Å². The minimum atomic E-state index is -0.745. The van der Waals surface area contributed by atoms with E-state index in [0.717, 1.165) is 5.56 Å². The lowest BCUT2D eigenvalue weighted by Crippen LogP contribution is -2.25. The molecule has 3 aromatic rings. The minimum absolute atomic E-state index is 0.00444. The van der Waals surface area contributed by atoms with Crippen LogP contribution >= 0.6 is 0 Å². The van der Waals surface area contributed by atoms with Gasteiger partial charge in [-0.25, -0.2) is 9.78 Å². The Kier molecular flexibility index (Phi) is 2.43. The predicted octanol–water partition coefficient (Wildman–Crippen LogP) is 0.172. The number of hydrogen-bond donors (Lipinski definition) is 3. The van der Waals surface area contributed by atoms with E-state index >= 15 is 0 Å². The maximum atomic E-state index is 11.9. The number of carbonyl (C=O) groups excluding carboxylic acids is 1. The first-order chi connectivity index (χ1) is 9.47. The molecule has 0 saturated heterocycles. The van der Waals surface area contributed by atoms with Crippen LogP contribution in [-0.4, -0.2) is 20.9 Å². The van der Waals surface area contributed by atoms with E-state index in [4.69, 9.17) is 5.73 Å². The number of benzene rings is 1. The van der Waals surface area contributed by atoms with Crippen molar-refractivity contribution >= 4 is 27.8 Å². The maximum Gasteiger partial charge on any atom is 0.327 e. The van der Waals surface area contributed by atoms with E-state index in [1.165, 1.54) is 0 Å². The smallest absolute Gasteiger partial charge is 0.327 e. The van der Waals surface area contributed by atoms with Crippen LogP contribution < -0.4 is 17.0 Å². The van der Waals surface area contributed by atoms with Crippen LogP contribution in [0.3, 0.4) is 0 Å². The van der Waals surface area contributed by atoms with E-state index in [2.05, 4.69) is 15.0 Å². The summed E-state index contributed by atoms with van der Waals surface area (Å²) < 4.78 is 0. The first-order valence-corrected chi connectivity index (χ1v) is 5.84. The van der Waals surface area contributed by atoms with Gasteiger partial charge in [0.1, 0.15) is 5.65 Å². The molecule has 100 valence electrons. The number of fused-ring (bicyclic) bond motifs is 2. The lowest BCUT2D eigenvalue weighted by Gasteiger charge is -2.07. The van der Waals surface area contributed by atoms with Crippen molar-refractivity contribution in [2.75, 3.05) is 0 Å². The molecular weight excluding hydrogens is 260 g/mol. The number of nitrogens with one attached hydrogen (secondary N) is 2. The minimum Gasteiger partial charge on any atom is -0.366 e. The van der Waals surface area contributed by atoms with Crippen molar-refractivity contribution in [2.45, 2.75) is 6.92 Å². The number of nitrogens with two attached hydrogens (primary N) is 1. The Morgan fingerprint density at radius 2 is 2.00 bits per heavy atom. The summed E-state index contributed by atoms with van der Waals surface area (Å²) in [5.41, 5.74) is 5.52. The van der Waals surface area contributed by atoms with E-state index in [9.17, 15) is 14.4 Å². The fourth-order valence-electron chi connectivity index (χ4n) is 2.25. The Bertz CT molecular complexity index is 984. The highest BCUT2D eigenvalue weighted by Gasteiger charge is 2.17. The van der Waals surface area contributed by atoms with Gasteiger partial charge in [-0.3, -0.25) is 19.6 Å². The number of rotatable bonds is 1. The maximum absolute atomic E-state index is 11.9. The van der Waals surface area contributed by atoms with Crippen LogP contribution in [0.1, 0.15) is 15.9 Å². The number of primary amides is 1. The third-order valence-corrected chi connectivity index (χ3v) is 3.07. The molecule has 1 aromatic carbocycles. The molecule has 0 unspecified atom stereocenters. The molecular formula is C13H10N4O3. The number of nitrogens with zero attached hydrogens (tertiary/aromatic N) is 1. The van der Waals surface area contributed by atoms with E-state index in [1.807, 2.05) is 13.0 Å². The molecule has 0 bridgehead atoms. The van der Waals surface area contributed by atoms with Gasteiger partial charge in [0.15, 0.2) is 0 Å². The average Bonchev–Trinajstić information content (AvgIpc) is 2.36. The quantitative estimate of drug-likeness (QED) is 0.545. The molecule has 0 spiro atoms. The number of carbonyl (C=O) groups is 1. The van der Waals surface area contributed by atoms with Crippen LogP contribution in [0.5, 0.6) is 0 Å². The number of aromatic nitrogens is 3. The molecule has 4 N–H and O–H groups in total. The zero-order valence-electron chi connectivity index (χ0n) is 10.5. The lowest BCUT2D eigenvalue weighted by atomic mass is 10.0. The highest BCUT2D eigenvalue weighted by molar-refractivity contribution is 6.14. The first kappa shape index (κ1) is 12.1. The largest absolute Gasteiger partial charge is 0.366 e. The van der Waals surface area contributed by atoms with Crippen molar-refractivity contribution in [3.05, 3.63) is 50.2 Å². The zero-order valence-corrected chi connectivity index (χ0v) is 10.5. The van der Waals surface area contributed by atoms with Crippen LogP contribution in [-0.2, 0) is 0 Å². The molecule has 20 heavy (non-hydrogen) atoms. The van der Waals surface area contributed by atoms with Gasteiger partial charge in [0.2, 0.25) is 5.91 Å². The number of amides is 1. The second-order valence-corrected chi connectivity index (χ2v) is 4.50. The van der Waals surface area contributed by atoms with E-state index in [-0.39, 0.29) is 16.6 Å². The van der Waals surface area contributed by atoms with Gasteiger partial charge in [-0.2, -0.15) is 0 Å². The van der Waals surface area contributed by atoms with Gasteiger partial charge in [0.05, 0.1) is 16.5 Å². The van der Waals surface area contributed by atoms with Crippen molar-refractivity contribution in [1.82, 2.24) is 15.0 Å². The Labute approximate surface area is 111 Å². The Morgan fingerprint density at radius 1 is 1.25 bits per heavy atom. The number of pyridine rings is 1. The molecule has 7 nitrogen and oxygen atoms in total. The highest BCUT2D eigenvalue weighted by atomic mass is 16.2. The molecule has 1 amide bonds. The van der Waals surface area contributed by atoms with Gasteiger partial charge in [0.25, 0.3) is 5.56 Å². The van der Waals surface area contributed by atoms with Crippen LogP contribution in [0.15, 0.2) is 27.8 Å². The second kappa shape index (κ2) is 4.02. The SMILES string of the molecule is Cc1ccc2nc3[nH]c(=O)[nH]c(=O)c3c(C(N)=O)c2c1. The Hall–Kier alpha value is -2.96. The first-order valence-electron chi connectivity index (χ1n) is 5.84. The van der Waals surface area contributed by atoms with Crippen molar-refractivity contribution in [3.8, 4) is 0 Å². The van der Waals surface area contributed by atoms with Crippen LogP contribution in [0.25, 0.3) is 21.9 Å². The summed E-state index contributed by atoms with van der Waals surface area (Å²) in [5.74, 6) is -0.745. The Morgan fingerprint density at radius 3 is 2.70 bits per heavy atom. The molecule has 2 aromatic heterocycles. The number of hydrogen-bond acceptors (Lipinski definition) is 4. The summed E-state index contributed by atoms with van der Waals surface area (Å²) in [4.78, 5) is 43.6. The van der Waals surface area contributed by atoms with Crippen LogP contribution in [0.4, 0.5) is 0 Å².